The molecule has 3 rings (SSSR count). The predicted octanol–water partition coefficient (Wildman–Crippen LogP) is 5.00. The van der Waals surface area contributed by atoms with Crippen molar-refractivity contribution < 1.29 is 14.5 Å². The van der Waals surface area contributed by atoms with Crippen LogP contribution in [0.5, 0.6) is 0 Å². The molecular weight excluding hydrogens is 454 g/mol. The number of aryl methyl sites for hydroxylation is 1. The summed E-state index contributed by atoms with van der Waals surface area (Å²) in [5.41, 5.74) is 2.58. The minimum absolute atomic E-state index is 0.111. The van der Waals surface area contributed by atoms with Crippen molar-refractivity contribution in [3.63, 3.8) is 0 Å². The van der Waals surface area contributed by atoms with Crippen molar-refractivity contribution in [1.82, 2.24) is 10.2 Å². The van der Waals surface area contributed by atoms with Crippen molar-refractivity contribution in [1.29, 1.82) is 0 Å². The molecule has 3 aromatic carbocycles. The molecule has 188 valence electrons. The zero-order valence-electron chi connectivity index (χ0n) is 21.2. The molecule has 2 amide bonds. The van der Waals surface area contributed by atoms with E-state index in [9.17, 15) is 19.7 Å². The fourth-order valence-electron chi connectivity index (χ4n) is 4.00. The smallest absolute Gasteiger partial charge is 0.273 e. The minimum atomic E-state index is -0.803. The Bertz CT molecular complexity index is 1200. The van der Waals surface area contributed by atoms with Crippen LogP contribution in [0, 0.1) is 17.0 Å². The van der Waals surface area contributed by atoms with Crippen molar-refractivity contribution in [2.75, 3.05) is 0 Å². The van der Waals surface area contributed by atoms with Crippen molar-refractivity contribution in [3.8, 4) is 0 Å². The first-order valence-corrected chi connectivity index (χ1v) is 12.0. The molecule has 1 atom stereocenters. The molecule has 36 heavy (non-hydrogen) atoms. The highest BCUT2D eigenvalue weighted by molar-refractivity contribution is 5.89. The Hall–Kier alpha value is -4.00. The number of nitrogens with zero attached hydrogens (tertiary/aromatic N) is 2. The molecule has 0 unspecified atom stereocenters. The fraction of sp³-hybridized carbons (Fsp3) is 0.310. The van der Waals surface area contributed by atoms with Gasteiger partial charge in [-0.15, -0.1) is 0 Å². The summed E-state index contributed by atoms with van der Waals surface area (Å²) in [6, 6.07) is 22.7. The first kappa shape index (κ1) is 26.6. The lowest BCUT2D eigenvalue weighted by Crippen LogP contribution is -2.54. The van der Waals surface area contributed by atoms with Crippen LogP contribution >= 0.6 is 0 Å². The number of hydrogen-bond acceptors (Lipinski definition) is 4. The van der Waals surface area contributed by atoms with E-state index < -0.39 is 16.5 Å². The Labute approximate surface area is 212 Å². The van der Waals surface area contributed by atoms with Crippen LogP contribution in [0.2, 0.25) is 0 Å². The maximum absolute atomic E-state index is 13.8. The highest BCUT2D eigenvalue weighted by atomic mass is 16.6. The molecule has 0 spiro atoms. The van der Waals surface area contributed by atoms with Crippen molar-refractivity contribution in [2.45, 2.75) is 58.7 Å². The number of carbonyl (C=O) groups is 2. The quantitative estimate of drug-likeness (QED) is 0.340. The topological polar surface area (TPSA) is 92.6 Å². The Morgan fingerprint density at radius 3 is 2.14 bits per heavy atom. The molecule has 0 heterocycles. The maximum Gasteiger partial charge on any atom is 0.273 e. The summed E-state index contributed by atoms with van der Waals surface area (Å²) >= 11 is 0. The first-order valence-electron chi connectivity index (χ1n) is 12.0. The van der Waals surface area contributed by atoms with E-state index in [0.717, 1.165) is 16.7 Å². The van der Waals surface area contributed by atoms with E-state index in [1.54, 1.807) is 23.1 Å². The van der Waals surface area contributed by atoms with Gasteiger partial charge in [-0.2, -0.15) is 0 Å². The molecule has 0 bridgehead atoms. The first-order chi connectivity index (χ1) is 17.0. The maximum atomic E-state index is 13.8. The van der Waals surface area contributed by atoms with Crippen LogP contribution in [0.15, 0.2) is 78.9 Å². The van der Waals surface area contributed by atoms with Gasteiger partial charge in [-0.3, -0.25) is 19.7 Å². The predicted molar refractivity (Wildman–Crippen MR) is 140 cm³/mol. The Morgan fingerprint density at radius 1 is 0.917 bits per heavy atom. The molecule has 0 aliphatic rings. The van der Waals surface area contributed by atoms with E-state index in [4.69, 9.17) is 0 Å². The van der Waals surface area contributed by atoms with Crippen LogP contribution in [0.4, 0.5) is 5.69 Å². The van der Waals surface area contributed by atoms with Crippen LogP contribution in [-0.2, 0) is 29.0 Å². The van der Waals surface area contributed by atoms with Gasteiger partial charge in [-0.25, -0.2) is 0 Å². The second-order valence-corrected chi connectivity index (χ2v) is 10.0. The van der Waals surface area contributed by atoms with Crippen molar-refractivity contribution >= 4 is 17.5 Å². The zero-order chi connectivity index (χ0) is 26.3. The van der Waals surface area contributed by atoms with E-state index in [0.29, 0.717) is 12.0 Å². The number of nitro benzene ring substituents is 1. The molecule has 0 aromatic heterocycles. The van der Waals surface area contributed by atoms with E-state index in [1.807, 2.05) is 82.3 Å². The Balaban J connectivity index is 2.02. The highest BCUT2D eigenvalue weighted by Crippen LogP contribution is 2.22. The molecule has 0 fully saturated rings. The number of rotatable bonds is 9. The third kappa shape index (κ3) is 7.50. The molecule has 0 aliphatic carbocycles. The van der Waals surface area contributed by atoms with Gasteiger partial charge in [0.25, 0.3) is 5.69 Å². The van der Waals surface area contributed by atoms with Gasteiger partial charge in [0.05, 0.1) is 11.3 Å². The summed E-state index contributed by atoms with van der Waals surface area (Å²) < 4.78 is 0. The SMILES string of the molecule is Cc1ccc(CN(C(=O)Cc2ccccc2[N+](=O)[O-])[C@@H](Cc2ccccc2)C(=O)NC(C)(C)C)cc1. The van der Waals surface area contributed by atoms with Crippen LogP contribution < -0.4 is 5.32 Å². The summed E-state index contributed by atoms with van der Waals surface area (Å²) in [5, 5.41) is 14.6. The van der Waals surface area contributed by atoms with Crippen molar-refractivity contribution in [2.24, 2.45) is 0 Å². The molecule has 0 aliphatic heterocycles. The molecule has 7 heteroatoms. The number of benzene rings is 3. The molecule has 1 N–H and O–H groups in total. The largest absolute Gasteiger partial charge is 0.350 e. The zero-order valence-corrected chi connectivity index (χ0v) is 21.2. The van der Waals surface area contributed by atoms with Gasteiger partial charge >= 0.3 is 0 Å². The lowest BCUT2D eigenvalue weighted by molar-refractivity contribution is -0.385. The van der Waals surface area contributed by atoms with Gasteiger partial charge in [0.1, 0.15) is 6.04 Å². The van der Waals surface area contributed by atoms with E-state index >= 15 is 0 Å². The van der Waals surface area contributed by atoms with Crippen LogP contribution in [-0.4, -0.2) is 33.2 Å². The van der Waals surface area contributed by atoms with Crippen LogP contribution in [0.3, 0.4) is 0 Å². The lowest BCUT2D eigenvalue weighted by atomic mass is 9.99. The summed E-state index contributed by atoms with van der Waals surface area (Å²) in [7, 11) is 0. The molecule has 0 saturated heterocycles. The molecule has 0 radical (unpaired) electrons. The fourth-order valence-corrected chi connectivity index (χ4v) is 4.00. The Kier molecular flexibility index (Phi) is 8.59. The average Bonchev–Trinajstić information content (AvgIpc) is 2.82. The normalized spacial score (nSPS) is 12.0. The summed E-state index contributed by atoms with van der Waals surface area (Å²) in [6.45, 7) is 7.86. The monoisotopic (exact) mass is 487 g/mol. The van der Waals surface area contributed by atoms with Gasteiger partial charge in [0, 0.05) is 30.1 Å². The third-order valence-electron chi connectivity index (χ3n) is 5.77. The number of nitro groups is 1. The van der Waals surface area contributed by atoms with E-state index in [2.05, 4.69) is 5.32 Å². The molecule has 7 nitrogen and oxygen atoms in total. The standard InChI is InChI=1S/C29H33N3O4/c1-21-14-16-23(17-15-21)20-31(27(33)19-24-12-8-9-13-25(24)32(35)36)26(28(34)30-29(2,3)4)18-22-10-6-5-7-11-22/h5-17,26H,18-20H2,1-4H3,(H,30,34)/t26-/m0/s1. The number of para-hydroxylation sites is 1. The number of hydrogen-bond donors (Lipinski definition) is 1. The lowest BCUT2D eigenvalue weighted by Gasteiger charge is -2.34. The molecular formula is C29H33N3O4. The Morgan fingerprint density at radius 2 is 1.53 bits per heavy atom. The molecule has 3 aromatic rings. The third-order valence-corrected chi connectivity index (χ3v) is 5.77. The summed E-state index contributed by atoms with van der Waals surface area (Å²) in [4.78, 5) is 40.0. The molecule has 0 saturated carbocycles. The average molecular weight is 488 g/mol. The number of nitrogens with one attached hydrogen (secondary N) is 1. The van der Waals surface area contributed by atoms with Crippen LogP contribution in [0.25, 0.3) is 0 Å². The van der Waals surface area contributed by atoms with Gasteiger partial charge in [0.15, 0.2) is 0 Å². The second-order valence-electron chi connectivity index (χ2n) is 10.0. The van der Waals surface area contributed by atoms with Gasteiger partial charge < -0.3 is 10.2 Å². The highest BCUT2D eigenvalue weighted by Gasteiger charge is 2.33. The number of carbonyl (C=O) groups excluding carboxylic acids is 2. The second kappa shape index (κ2) is 11.6. The minimum Gasteiger partial charge on any atom is -0.350 e. The van der Waals surface area contributed by atoms with Crippen LogP contribution in [0.1, 0.15) is 43.0 Å². The van der Waals surface area contributed by atoms with Crippen molar-refractivity contribution in [3.05, 3.63) is 111 Å². The summed E-state index contributed by atoms with van der Waals surface area (Å²) in [5.74, 6) is -0.621. The van der Waals surface area contributed by atoms with Gasteiger partial charge in [-0.1, -0.05) is 78.4 Å². The van der Waals surface area contributed by atoms with E-state index in [-0.39, 0.29) is 30.5 Å². The van der Waals surface area contributed by atoms with E-state index in [1.165, 1.54) is 6.07 Å². The summed E-state index contributed by atoms with van der Waals surface area (Å²) in [6.07, 6.45) is 0.133. The number of amides is 2. The van der Waals surface area contributed by atoms with Gasteiger partial charge in [0.2, 0.25) is 11.8 Å². The van der Waals surface area contributed by atoms with Gasteiger partial charge in [-0.05, 0) is 38.8 Å².